The van der Waals surface area contributed by atoms with Gasteiger partial charge in [-0.3, -0.25) is 4.79 Å². The summed E-state index contributed by atoms with van der Waals surface area (Å²) in [6.07, 6.45) is 1.06. The summed E-state index contributed by atoms with van der Waals surface area (Å²) >= 11 is 5.56. The van der Waals surface area contributed by atoms with Crippen LogP contribution >= 0.6 is 24.0 Å². The van der Waals surface area contributed by atoms with Crippen LogP contribution in [0.4, 0.5) is 0 Å². The monoisotopic (exact) mass is 273 g/mol. The number of amides is 1. The number of rotatable bonds is 7. The number of thiophene rings is 1. The van der Waals surface area contributed by atoms with E-state index in [2.05, 4.69) is 31.8 Å². The van der Waals surface area contributed by atoms with Crippen molar-refractivity contribution in [2.24, 2.45) is 5.92 Å². The first kappa shape index (κ1) is 14.5. The van der Waals surface area contributed by atoms with Crippen LogP contribution in [0.2, 0.25) is 0 Å². The van der Waals surface area contributed by atoms with E-state index in [9.17, 15) is 4.79 Å². The van der Waals surface area contributed by atoms with Crippen molar-refractivity contribution >= 4 is 29.9 Å². The predicted octanol–water partition coefficient (Wildman–Crippen LogP) is 2.83. The van der Waals surface area contributed by atoms with Crippen LogP contribution in [0.3, 0.4) is 0 Å². The Bertz CT molecular complexity index is 350. The van der Waals surface area contributed by atoms with Crippen molar-refractivity contribution in [1.29, 1.82) is 0 Å². The summed E-state index contributed by atoms with van der Waals surface area (Å²) in [7, 11) is 0. The molecule has 0 fully saturated rings. The minimum Gasteiger partial charge on any atom is -0.380 e. The van der Waals surface area contributed by atoms with E-state index in [-0.39, 0.29) is 5.91 Å². The number of hydrogen-bond acceptors (Lipinski definition) is 4. The molecule has 0 radical (unpaired) electrons. The zero-order chi connectivity index (χ0) is 12.7. The van der Waals surface area contributed by atoms with E-state index in [0.717, 1.165) is 17.9 Å². The molecule has 0 aromatic carbocycles. The quantitative estimate of drug-likeness (QED) is 0.592. The summed E-state index contributed by atoms with van der Waals surface area (Å²) in [4.78, 5) is 13.1. The van der Waals surface area contributed by atoms with Gasteiger partial charge in [-0.1, -0.05) is 13.8 Å². The lowest BCUT2D eigenvalue weighted by Gasteiger charge is -2.07. The van der Waals surface area contributed by atoms with Crippen molar-refractivity contribution < 1.29 is 9.53 Å². The predicted molar refractivity (Wildman–Crippen MR) is 74.2 cm³/mol. The SMILES string of the molecule is CC(C)CCOCCNC(=O)c1cc(S)cs1. The van der Waals surface area contributed by atoms with E-state index < -0.39 is 0 Å². The van der Waals surface area contributed by atoms with Gasteiger partial charge in [0.15, 0.2) is 0 Å². The smallest absolute Gasteiger partial charge is 0.261 e. The van der Waals surface area contributed by atoms with E-state index in [1.54, 1.807) is 6.07 Å². The molecule has 17 heavy (non-hydrogen) atoms. The lowest BCUT2D eigenvalue weighted by Crippen LogP contribution is -2.26. The van der Waals surface area contributed by atoms with Crippen LogP contribution in [0.15, 0.2) is 16.3 Å². The maximum atomic E-state index is 11.6. The topological polar surface area (TPSA) is 38.3 Å². The van der Waals surface area contributed by atoms with Crippen LogP contribution in [0.25, 0.3) is 0 Å². The van der Waals surface area contributed by atoms with Crippen molar-refractivity contribution in [1.82, 2.24) is 5.32 Å². The third kappa shape index (κ3) is 6.10. The van der Waals surface area contributed by atoms with Gasteiger partial charge in [0.25, 0.3) is 5.91 Å². The van der Waals surface area contributed by atoms with Crippen molar-refractivity contribution in [3.05, 3.63) is 16.3 Å². The highest BCUT2D eigenvalue weighted by Crippen LogP contribution is 2.17. The lowest BCUT2D eigenvalue weighted by molar-refractivity contribution is 0.0909. The van der Waals surface area contributed by atoms with Crippen molar-refractivity contribution in [2.45, 2.75) is 25.2 Å². The first-order valence-corrected chi connectivity index (χ1v) is 7.05. The normalized spacial score (nSPS) is 10.8. The fraction of sp³-hybridized carbons (Fsp3) is 0.583. The summed E-state index contributed by atoms with van der Waals surface area (Å²) in [5, 5.41) is 4.66. The molecule has 0 spiro atoms. The Labute approximate surface area is 112 Å². The number of carbonyl (C=O) groups is 1. The molecule has 96 valence electrons. The average Bonchev–Trinajstić information content (AvgIpc) is 2.69. The molecule has 1 aromatic rings. The third-order valence-corrected chi connectivity index (χ3v) is 3.54. The zero-order valence-corrected chi connectivity index (χ0v) is 11.9. The molecule has 1 N–H and O–H groups in total. The molecule has 1 aromatic heterocycles. The number of thiol groups is 1. The highest BCUT2D eigenvalue weighted by Gasteiger charge is 2.06. The minimum atomic E-state index is -0.0530. The summed E-state index contributed by atoms with van der Waals surface area (Å²) in [5.41, 5.74) is 0. The van der Waals surface area contributed by atoms with Gasteiger partial charge in [-0.2, -0.15) is 0 Å². The van der Waals surface area contributed by atoms with Gasteiger partial charge in [-0.25, -0.2) is 0 Å². The largest absolute Gasteiger partial charge is 0.380 e. The lowest BCUT2D eigenvalue weighted by atomic mass is 10.1. The molecule has 1 amide bonds. The average molecular weight is 273 g/mol. The van der Waals surface area contributed by atoms with E-state index >= 15 is 0 Å². The maximum Gasteiger partial charge on any atom is 0.261 e. The fourth-order valence-electron chi connectivity index (χ4n) is 1.19. The Morgan fingerprint density at radius 3 is 2.88 bits per heavy atom. The van der Waals surface area contributed by atoms with Gasteiger partial charge >= 0.3 is 0 Å². The van der Waals surface area contributed by atoms with Crippen molar-refractivity contribution in [3.8, 4) is 0 Å². The molecule has 0 aliphatic heterocycles. The summed E-state index contributed by atoms with van der Waals surface area (Å²) < 4.78 is 5.41. The Balaban J connectivity index is 2.09. The number of hydrogen-bond donors (Lipinski definition) is 2. The number of ether oxygens (including phenoxy) is 1. The van der Waals surface area contributed by atoms with E-state index in [1.807, 2.05) is 5.38 Å². The van der Waals surface area contributed by atoms with E-state index in [1.165, 1.54) is 11.3 Å². The second kappa shape index (κ2) is 7.74. The molecule has 1 rings (SSSR count). The summed E-state index contributed by atoms with van der Waals surface area (Å²) in [5.74, 6) is 0.604. The summed E-state index contributed by atoms with van der Waals surface area (Å²) in [6.45, 7) is 6.20. The number of carbonyl (C=O) groups excluding carboxylic acids is 1. The van der Waals surface area contributed by atoms with E-state index in [4.69, 9.17) is 4.74 Å². The molecule has 5 heteroatoms. The third-order valence-electron chi connectivity index (χ3n) is 2.18. The zero-order valence-electron chi connectivity index (χ0n) is 10.2. The van der Waals surface area contributed by atoms with Crippen molar-refractivity contribution in [2.75, 3.05) is 19.8 Å². The molecular formula is C12H19NO2S2. The molecule has 0 bridgehead atoms. The van der Waals surface area contributed by atoms with Gasteiger partial charge < -0.3 is 10.1 Å². The molecule has 0 atom stereocenters. The van der Waals surface area contributed by atoms with Gasteiger partial charge in [0.05, 0.1) is 11.5 Å². The van der Waals surface area contributed by atoms with Gasteiger partial charge in [0.2, 0.25) is 0 Å². The minimum absolute atomic E-state index is 0.0530. The highest BCUT2D eigenvalue weighted by molar-refractivity contribution is 7.80. The van der Waals surface area contributed by atoms with Gasteiger partial charge in [0.1, 0.15) is 0 Å². The molecular weight excluding hydrogens is 254 g/mol. The molecule has 0 unspecified atom stereocenters. The molecule has 0 saturated heterocycles. The Morgan fingerprint density at radius 1 is 1.53 bits per heavy atom. The Morgan fingerprint density at radius 2 is 2.29 bits per heavy atom. The van der Waals surface area contributed by atoms with Gasteiger partial charge in [-0.15, -0.1) is 24.0 Å². The molecule has 0 aliphatic rings. The first-order chi connectivity index (χ1) is 8.09. The van der Waals surface area contributed by atoms with Crippen LogP contribution in [0.1, 0.15) is 29.9 Å². The molecule has 0 aliphatic carbocycles. The van der Waals surface area contributed by atoms with Crippen LogP contribution in [-0.4, -0.2) is 25.7 Å². The molecule has 0 saturated carbocycles. The first-order valence-electron chi connectivity index (χ1n) is 5.73. The molecule has 3 nitrogen and oxygen atoms in total. The highest BCUT2D eigenvalue weighted by atomic mass is 32.1. The Hall–Kier alpha value is -0.520. The maximum absolute atomic E-state index is 11.6. The number of nitrogens with one attached hydrogen (secondary N) is 1. The fourth-order valence-corrected chi connectivity index (χ4v) is 2.25. The standard InChI is InChI=1S/C12H19NO2S2/c1-9(2)3-5-15-6-4-13-12(14)11-7-10(16)8-17-11/h7-9,16H,3-6H2,1-2H3,(H,13,14). The Kier molecular flexibility index (Phi) is 6.62. The van der Waals surface area contributed by atoms with Crippen LogP contribution < -0.4 is 5.32 Å². The van der Waals surface area contributed by atoms with Gasteiger partial charge in [0, 0.05) is 23.4 Å². The summed E-state index contributed by atoms with van der Waals surface area (Å²) in [6, 6.07) is 1.77. The van der Waals surface area contributed by atoms with Crippen LogP contribution in [0, 0.1) is 5.92 Å². The van der Waals surface area contributed by atoms with Crippen molar-refractivity contribution in [3.63, 3.8) is 0 Å². The van der Waals surface area contributed by atoms with Crippen LogP contribution in [-0.2, 0) is 4.74 Å². The van der Waals surface area contributed by atoms with E-state index in [0.29, 0.717) is 23.9 Å². The second-order valence-corrected chi connectivity index (χ2v) is 5.65. The second-order valence-electron chi connectivity index (χ2n) is 4.22. The molecule has 1 heterocycles. The van der Waals surface area contributed by atoms with Crippen LogP contribution in [0.5, 0.6) is 0 Å². The van der Waals surface area contributed by atoms with Gasteiger partial charge in [-0.05, 0) is 18.4 Å².